The van der Waals surface area contributed by atoms with Gasteiger partial charge in [0.15, 0.2) is 0 Å². The average molecular weight is 346 g/mol. The summed E-state index contributed by atoms with van der Waals surface area (Å²) in [7, 11) is 0. The van der Waals surface area contributed by atoms with Crippen molar-refractivity contribution in [3.63, 3.8) is 0 Å². The number of aromatic nitrogens is 2. The van der Waals surface area contributed by atoms with Crippen LogP contribution in [-0.4, -0.2) is 42.2 Å². The van der Waals surface area contributed by atoms with E-state index in [1.165, 1.54) is 0 Å². The van der Waals surface area contributed by atoms with Crippen LogP contribution >= 0.6 is 15.9 Å². The van der Waals surface area contributed by atoms with E-state index in [4.69, 9.17) is 9.47 Å². The zero-order valence-electron chi connectivity index (χ0n) is 12.3. The molecular weight excluding hydrogens is 322 g/mol. The number of ether oxygens (including phenoxy) is 2. The van der Waals surface area contributed by atoms with Gasteiger partial charge in [-0.05, 0) is 35.3 Å². The summed E-state index contributed by atoms with van der Waals surface area (Å²) >= 11 is 3.63. The quantitative estimate of drug-likeness (QED) is 0.824. The molecule has 0 spiro atoms. The molecule has 114 valence electrons. The van der Waals surface area contributed by atoms with Crippen molar-refractivity contribution in [3.8, 4) is 0 Å². The lowest BCUT2D eigenvalue weighted by Gasteiger charge is -2.31. The summed E-state index contributed by atoms with van der Waals surface area (Å²) in [5.41, 5.74) is 1.16. The Hall–Kier alpha value is -0.430. The lowest BCUT2D eigenvalue weighted by molar-refractivity contribution is -0.103. The lowest BCUT2D eigenvalue weighted by Crippen LogP contribution is -2.42. The number of nitrogens with zero attached hydrogens (tertiary/aromatic N) is 2. The fourth-order valence-corrected chi connectivity index (χ4v) is 3.02. The van der Waals surface area contributed by atoms with Gasteiger partial charge in [-0.25, -0.2) is 0 Å². The largest absolute Gasteiger partial charge is 0.376 e. The van der Waals surface area contributed by atoms with Crippen molar-refractivity contribution in [2.24, 2.45) is 0 Å². The zero-order chi connectivity index (χ0) is 14.4. The van der Waals surface area contributed by atoms with Crippen LogP contribution in [0.2, 0.25) is 0 Å². The Morgan fingerprint density at radius 2 is 2.30 bits per heavy atom. The fraction of sp³-hybridized carbons (Fsp3) is 0.786. The van der Waals surface area contributed by atoms with Gasteiger partial charge in [-0.1, -0.05) is 13.8 Å². The van der Waals surface area contributed by atoms with Gasteiger partial charge in [-0.2, -0.15) is 5.10 Å². The highest BCUT2D eigenvalue weighted by atomic mass is 79.9. The van der Waals surface area contributed by atoms with Crippen molar-refractivity contribution in [1.82, 2.24) is 15.1 Å². The van der Waals surface area contributed by atoms with E-state index in [0.717, 1.165) is 36.1 Å². The van der Waals surface area contributed by atoms with E-state index in [2.05, 4.69) is 44.9 Å². The molecule has 2 unspecified atom stereocenters. The zero-order valence-corrected chi connectivity index (χ0v) is 13.9. The Balaban J connectivity index is 2.22. The second-order valence-corrected chi connectivity index (χ2v) is 5.87. The highest BCUT2D eigenvalue weighted by molar-refractivity contribution is 9.10. The molecule has 1 N–H and O–H groups in total. The minimum Gasteiger partial charge on any atom is -0.376 e. The lowest BCUT2D eigenvalue weighted by atomic mass is 10.1. The molecule has 2 atom stereocenters. The van der Waals surface area contributed by atoms with E-state index in [-0.39, 0.29) is 12.1 Å². The van der Waals surface area contributed by atoms with E-state index >= 15 is 0 Å². The van der Waals surface area contributed by atoms with Crippen LogP contribution in [0.4, 0.5) is 0 Å². The number of hydrogen-bond acceptors (Lipinski definition) is 4. The molecule has 20 heavy (non-hydrogen) atoms. The average Bonchev–Trinajstić information content (AvgIpc) is 2.83. The predicted molar refractivity (Wildman–Crippen MR) is 81.8 cm³/mol. The van der Waals surface area contributed by atoms with E-state index < -0.39 is 0 Å². The van der Waals surface area contributed by atoms with Gasteiger partial charge in [0.2, 0.25) is 0 Å². The fourth-order valence-electron chi connectivity index (χ4n) is 2.47. The highest BCUT2D eigenvalue weighted by Gasteiger charge is 2.30. The Labute approximate surface area is 129 Å². The van der Waals surface area contributed by atoms with Gasteiger partial charge in [0.05, 0.1) is 42.2 Å². The number of halogens is 1. The van der Waals surface area contributed by atoms with E-state index in [0.29, 0.717) is 19.8 Å². The molecule has 2 rings (SSSR count). The topological polar surface area (TPSA) is 48.3 Å². The predicted octanol–water partition coefficient (Wildman–Crippen LogP) is 2.51. The SMILES string of the molecule is CCCNC(c1c(Br)cnn1CCC)C1COCCO1. The molecule has 0 aromatic carbocycles. The van der Waals surface area contributed by atoms with Gasteiger partial charge < -0.3 is 14.8 Å². The molecule has 0 bridgehead atoms. The Morgan fingerprint density at radius 1 is 1.45 bits per heavy atom. The summed E-state index contributed by atoms with van der Waals surface area (Å²) in [6.45, 7) is 8.17. The van der Waals surface area contributed by atoms with Crippen LogP contribution in [0.15, 0.2) is 10.7 Å². The van der Waals surface area contributed by atoms with Crippen molar-refractivity contribution in [2.45, 2.75) is 45.4 Å². The molecule has 0 radical (unpaired) electrons. The number of rotatable bonds is 7. The molecule has 1 fully saturated rings. The van der Waals surface area contributed by atoms with Crippen molar-refractivity contribution >= 4 is 15.9 Å². The van der Waals surface area contributed by atoms with Crippen LogP contribution in [0.25, 0.3) is 0 Å². The molecule has 1 aliphatic heterocycles. The van der Waals surface area contributed by atoms with Gasteiger partial charge in [0.1, 0.15) is 6.10 Å². The van der Waals surface area contributed by atoms with E-state index in [1.807, 2.05) is 6.20 Å². The standard InChI is InChI=1S/C14H24BrN3O2/c1-3-5-16-13(12-10-19-7-8-20-12)14-11(15)9-17-18(14)6-4-2/h9,12-13,16H,3-8,10H2,1-2H3. The van der Waals surface area contributed by atoms with Crippen LogP contribution in [-0.2, 0) is 16.0 Å². The smallest absolute Gasteiger partial charge is 0.102 e. The minimum absolute atomic E-state index is 0.0407. The summed E-state index contributed by atoms with van der Waals surface area (Å²) in [4.78, 5) is 0. The van der Waals surface area contributed by atoms with E-state index in [1.54, 1.807) is 0 Å². The van der Waals surface area contributed by atoms with Crippen LogP contribution in [0.1, 0.15) is 38.4 Å². The molecule has 2 heterocycles. The Kier molecular flexibility index (Phi) is 6.48. The number of aryl methyl sites for hydroxylation is 1. The molecule has 0 saturated carbocycles. The first-order chi connectivity index (χ1) is 9.77. The van der Waals surface area contributed by atoms with Gasteiger partial charge in [0, 0.05) is 6.54 Å². The third-order valence-electron chi connectivity index (χ3n) is 3.39. The molecule has 5 nitrogen and oxygen atoms in total. The number of nitrogens with one attached hydrogen (secondary N) is 1. The monoisotopic (exact) mass is 345 g/mol. The molecule has 0 aliphatic carbocycles. The summed E-state index contributed by atoms with van der Waals surface area (Å²) in [5, 5.41) is 8.05. The maximum absolute atomic E-state index is 5.90. The third kappa shape index (κ3) is 3.81. The second kappa shape index (κ2) is 8.12. The number of hydrogen-bond donors (Lipinski definition) is 1. The molecule has 6 heteroatoms. The highest BCUT2D eigenvalue weighted by Crippen LogP contribution is 2.28. The Bertz CT molecular complexity index is 405. The van der Waals surface area contributed by atoms with Crippen LogP contribution in [0, 0.1) is 0 Å². The summed E-state index contributed by atoms with van der Waals surface area (Å²) in [6, 6.07) is 0.110. The third-order valence-corrected chi connectivity index (χ3v) is 4.00. The van der Waals surface area contributed by atoms with Crippen LogP contribution in [0.5, 0.6) is 0 Å². The Morgan fingerprint density at radius 3 is 2.95 bits per heavy atom. The molecule has 1 aromatic rings. The van der Waals surface area contributed by atoms with Gasteiger partial charge in [0.25, 0.3) is 0 Å². The van der Waals surface area contributed by atoms with Crippen molar-refractivity contribution < 1.29 is 9.47 Å². The summed E-state index contributed by atoms with van der Waals surface area (Å²) in [5.74, 6) is 0. The summed E-state index contributed by atoms with van der Waals surface area (Å²) < 4.78 is 14.6. The second-order valence-electron chi connectivity index (χ2n) is 5.02. The van der Waals surface area contributed by atoms with E-state index in [9.17, 15) is 0 Å². The molecule has 1 aliphatic rings. The summed E-state index contributed by atoms with van der Waals surface area (Å²) in [6.07, 6.45) is 4.06. The van der Waals surface area contributed by atoms with Crippen molar-refractivity contribution in [3.05, 3.63) is 16.4 Å². The van der Waals surface area contributed by atoms with Crippen molar-refractivity contribution in [2.75, 3.05) is 26.4 Å². The molecule has 1 saturated heterocycles. The molecular formula is C14H24BrN3O2. The first-order valence-electron chi connectivity index (χ1n) is 7.41. The first-order valence-corrected chi connectivity index (χ1v) is 8.21. The van der Waals surface area contributed by atoms with Gasteiger partial charge in [-0.15, -0.1) is 0 Å². The first kappa shape index (κ1) is 15.9. The van der Waals surface area contributed by atoms with Crippen LogP contribution in [0.3, 0.4) is 0 Å². The van der Waals surface area contributed by atoms with Gasteiger partial charge in [-0.3, -0.25) is 4.68 Å². The van der Waals surface area contributed by atoms with Crippen molar-refractivity contribution in [1.29, 1.82) is 0 Å². The molecule has 0 amide bonds. The van der Waals surface area contributed by atoms with Crippen LogP contribution < -0.4 is 5.32 Å². The minimum atomic E-state index is 0.0407. The molecule has 1 aromatic heterocycles. The maximum atomic E-state index is 5.90. The van der Waals surface area contributed by atoms with Gasteiger partial charge >= 0.3 is 0 Å². The normalized spacial score (nSPS) is 21.1. The maximum Gasteiger partial charge on any atom is 0.102 e.